The first kappa shape index (κ1) is 18.1. The zero-order valence-corrected chi connectivity index (χ0v) is 16.4. The van der Waals surface area contributed by atoms with Gasteiger partial charge < -0.3 is 9.64 Å². The maximum Gasteiger partial charge on any atom is 0.258 e. The van der Waals surface area contributed by atoms with E-state index in [1.54, 1.807) is 0 Å². The lowest BCUT2D eigenvalue weighted by atomic mass is 10.1. The third-order valence-corrected chi connectivity index (χ3v) is 5.96. The highest BCUT2D eigenvalue weighted by atomic mass is 16.5. The van der Waals surface area contributed by atoms with E-state index in [0.717, 1.165) is 31.4 Å². The van der Waals surface area contributed by atoms with Gasteiger partial charge in [-0.05, 0) is 56.7 Å². The molecule has 2 aliphatic carbocycles. The first-order chi connectivity index (χ1) is 13.2. The summed E-state index contributed by atoms with van der Waals surface area (Å²) in [7, 11) is 2.03. The van der Waals surface area contributed by atoms with E-state index in [4.69, 9.17) is 9.84 Å². The molecule has 27 heavy (non-hydrogen) atoms. The Morgan fingerprint density at radius 3 is 2.78 bits per heavy atom. The average molecular weight is 367 g/mol. The Kier molecular flexibility index (Phi) is 5.19. The lowest BCUT2D eigenvalue weighted by molar-refractivity contribution is 0.0656. The van der Waals surface area contributed by atoms with Crippen LogP contribution in [0, 0.1) is 0 Å². The van der Waals surface area contributed by atoms with Gasteiger partial charge in [-0.25, -0.2) is 0 Å². The van der Waals surface area contributed by atoms with Gasteiger partial charge in [0.05, 0.1) is 24.4 Å². The molecule has 0 spiro atoms. The molecule has 1 aromatic carbocycles. The van der Waals surface area contributed by atoms with Crippen LogP contribution in [0.5, 0.6) is 5.75 Å². The van der Waals surface area contributed by atoms with Crippen molar-refractivity contribution in [1.29, 1.82) is 0 Å². The lowest BCUT2D eigenvalue weighted by Crippen LogP contribution is -2.38. The number of amides is 1. The van der Waals surface area contributed by atoms with Gasteiger partial charge in [-0.15, -0.1) is 0 Å². The Balaban J connectivity index is 1.66. The number of aryl methyl sites for hydroxylation is 1. The predicted octanol–water partition coefficient (Wildman–Crippen LogP) is 3.89. The van der Waals surface area contributed by atoms with E-state index in [0.29, 0.717) is 30.5 Å². The molecule has 144 valence electrons. The molecule has 0 N–H and O–H groups in total. The molecular formula is C22H29N3O2. The van der Waals surface area contributed by atoms with Crippen LogP contribution < -0.4 is 4.74 Å². The van der Waals surface area contributed by atoms with Crippen molar-refractivity contribution < 1.29 is 9.53 Å². The number of hydrogen-bond acceptors (Lipinski definition) is 3. The molecule has 2 aromatic rings. The van der Waals surface area contributed by atoms with Crippen LogP contribution in [0.3, 0.4) is 0 Å². The molecule has 0 saturated heterocycles. The van der Waals surface area contributed by atoms with Crippen molar-refractivity contribution in [3.8, 4) is 5.75 Å². The minimum atomic E-state index is 0.0725. The van der Waals surface area contributed by atoms with Crippen molar-refractivity contribution >= 4 is 5.91 Å². The van der Waals surface area contributed by atoms with Gasteiger partial charge in [0.15, 0.2) is 0 Å². The Morgan fingerprint density at radius 1 is 1.22 bits per heavy atom. The van der Waals surface area contributed by atoms with Gasteiger partial charge in [-0.1, -0.05) is 25.0 Å². The van der Waals surface area contributed by atoms with E-state index in [9.17, 15) is 4.79 Å². The maximum atomic E-state index is 13.6. The van der Waals surface area contributed by atoms with E-state index in [1.807, 2.05) is 42.9 Å². The van der Waals surface area contributed by atoms with Crippen molar-refractivity contribution in [3.63, 3.8) is 0 Å². The summed E-state index contributed by atoms with van der Waals surface area (Å²) in [4.78, 5) is 15.6. The third kappa shape index (κ3) is 3.47. The molecule has 0 radical (unpaired) electrons. The van der Waals surface area contributed by atoms with E-state index in [-0.39, 0.29) is 5.91 Å². The molecule has 1 heterocycles. The highest BCUT2D eigenvalue weighted by Crippen LogP contribution is 2.31. The molecule has 1 aromatic heterocycles. The summed E-state index contributed by atoms with van der Waals surface area (Å²) in [6.07, 6.45) is 7.93. The normalized spacial score (nSPS) is 16.5. The van der Waals surface area contributed by atoms with Gasteiger partial charge in [0.25, 0.3) is 5.91 Å². The monoisotopic (exact) mass is 367 g/mol. The number of fused-ring (bicyclic) bond motifs is 1. The van der Waals surface area contributed by atoms with Crippen molar-refractivity contribution in [1.82, 2.24) is 14.7 Å². The molecule has 0 atom stereocenters. The van der Waals surface area contributed by atoms with Crippen LogP contribution in [0.25, 0.3) is 0 Å². The smallest absolute Gasteiger partial charge is 0.258 e. The van der Waals surface area contributed by atoms with Crippen molar-refractivity contribution in [2.45, 2.75) is 64.5 Å². The molecule has 0 aliphatic heterocycles. The second-order valence-corrected chi connectivity index (χ2v) is 7.65. The minimum Gasteiger partial charge on any atom is -0.493 e. The fraction of sp³-hybridized carbons (Fsp3) is 0.545. The fourth-order valence-corrected chi connectivity index (χ4v) is 4.65. The predicted molar refractivity (Wildman–Crippen MR) is 105 cm³/mol. The maximum absolute atomic E-state index is 13.6. The van der Waals surface area contributed by atoms with Crippen LogP contribution >= 0.6 is 0 Å². The number of hydrogen-bond donors (Lipinski definition) is 0. The fourth-order valence-electron chi connectivity index (χ4n) is 4.65. The van der Waals surface area contributed by atoms with Crippen molar-refractivity contribution in [2.75, 3.05) is 6.61 Å². The van der Waals surface area contributed by atoms with E-state index in [1.165, 1.54) is 30.5 Å². The number of aromatic nitrogens is 2. The van der Waals surface area contributed by atoms with Crippen LogP contribution in [-0.2, 0) is 26.4 Å². The number of benzene rings is 1. The summed E-state index contributed by atoms with van der Waals surface area (Å²) in [5.41, 5.74) is 4.46. The van der Waals surface area contributed by atoms with E-state index in [2.05, 4.69) is 4.90 Å². The summed E-state index contributed by atoms with van der Waals surface area (Å²) in [6.45, 7) is 3.11. The zero-order chi connectivity index (χ0) is 18.8. The van der Waals surface area contributed by atoms with Gasteiger partial charge in [0, 0.05) is 18.8 Å². The van der Waals surface area contributed by atoms with Crippen LogP contribution in [-0.4, -0.2) is 33.2 Å². The molecule has 5 nitrogen and oxygen atoms in total. The summed E-state index contributed by atoms with van der Waals surface area (Å²) < 4.78 is 7.75. The minimum absolute atomic E-state index is 0.0725. The Morgan fingerprint density at radius 2 is 2.00 bits per heavy atom. The first-order valence-corrected chi connectivity index (χ1v) is 10.3. The standard InChI is InChI=1S/C22H29N3O2/c1-3-27-21-14-7-6-11-18(21)22(26)25(16-9-4-5-10-16)15-19-17-12-8-13-20(17)24(2)23-19/h6-7,11,14,16H,3-5,8-10,12-13,15H2,1-2H3. The second-order valence-electron chi connectivity index (χ2n) is 7.65. The number of rotatable bonds is 6. The quantitative estimate of drug-likeness (QED) is 0.778. The second kappa shape index (κ2) is 7.75. The van der Waals surface area contributed by atoms with Crippen molar-refractivity contribution in [2.24, 2.45) is 7.05 Å². The molecule has 5 heteroatoms. The van der Waals surface area contributed by atoms with Crippen molar-refractivity contribution in [3.05, 3.63) is 46.8 Å². The highest BCUT2D eigenvalue weighted by molar-refractivity contribution is 5.97. The Bertz CT molecular complexity index is 821. The van der Waals surface area contributed by atoms with E-state index < -0.39 is 0 Å². The summed E-state index contributed by atoms with van der Waals surface area (Å²) in [5, 5.41) is 4.77. The highest BCUT2D eigenvalue weighted by Gasteiger charge is 2.31. The van der Waals surface area contributed by atoms with Gasteiger partial charge in [0.2, 0.25) is 0 Å². The average Bonchev–Trinajstić information content (AvgIpc) is 3.41. The van der Waals surface area contributed by atoms with Crippen LogP contribution in [0.2, 0.25) is 0 Å². The Labute approximate surface area is 161 Å². The van der Waals surface area contributed by atoms with Crippen LogP contribution in [0.15, 0.2) is 24.3 Å². The lowest BCUT2D eigenvalue weighted by Gasteiger charge is -2.29. The number of ether oxygens (including phenoxy) is 1. The van der Waals surface area contributed by atoms with Gasteiger partial charge in [-0.2, -0.15) is 5.10 Å². The molecule has 2 aliphatic rings. The first-order valence-electron chi connectivity index (χ1n) is 10.3. The van der Waals surface area contributed by atoms with E-state index >= 15 is 0 Å². The molecule has 0 unspecified atom stereocenters. The SMILES string of the molecule is CCOc1ccccc1C(=O)N(Cc1nn(C)c2c1CCC2)C1CCCC1. The number of carbonyl (C=O) groups is 1. The number of nitrogens with zero attached hydrogens (tertiary/aromatic N) is 3. The topological polar surface area (TPSA) is 47.4 Å². The Hall–Kier alpha value is -2.30. The molecule has 1 amide bonds. The largest absolute Gasteiger partial charge is 0.493 e. The summed E-state index contributed by atoms with van der Waals surface area (Å²) >= 11 is 0. The number of carbonyl (C=O) groups excluding carboxylic acids is 1. The molecular weight excluding hydrogens is 338 g/mol. The van der Waals surface area contributed by atoms with Gasteiger partial charge in [-0.3, -0.25) is 9.48 Å². The molecule has 1 saturated carbocycles. The summed E-state index contributed by atoms with van der Waals surface area (Å²) in [5.74, 6) is 0.752. The summed E-state index contributed by atoms with van der Waals surface area (Å²) in [6, 6.07) is 7.92. The zero-order valence-electron chi connectivity index (χ0n) is 16.4. The van der Waals surface area contributed by atoms with Crippen LogP contribution in [0.1, 0.15) is 66.3 Å². The van der Waals surface area contributed by atoms with Gasteiger partial charge in [0.1, 0.15) is 5.75 Å². The molecule has 1 fully saturated rings. The number of para-hydroxylation sites is 1. The molecule has 0 bridgehead atoms. The third-order valence-electron chi connectivity index (χ3n) is 5.96. The van der Waals surface area contributed by atoms with Gasteiger partial charge >= 0.3 is 0 Å². The molecule has 4 rings (SSSR count). The van der Waals surface area contributed by atoms with Crippen LogP contribution in [0.4, 0.5) is 0 Å².